The Morgan fingerprint density at radius 1 is 0.936 bits per heavy atom. The van der Waals surface area contributed by atoms with Gasteiger partial charge >= 0.3 is 60.4 Å². The number of esters is 2. The fourth-order valence-corrected chi connectivity index (χ4v) is 3.00. The van der Waals surface area contributed by atoms with E-state index in [4.69, 9.17) is 15.3 Å². The fraction of sp³-hybridized carbons (Fsp3) is 0.526. The Bertz CT molecular complexity index is 1300. The second-order valence-corrected chi connectivity index (χ2v) is 8.23. The maximum Gasteiger partial charge on any atom is 0.495 e. The second-order valence-electron chi connectivity index (χ2n) is 8.23. The van der Waals surface area contributed by atoms with Crippen LogP contribution < -0.4 is 16.0 Å². The molecular weight excluding hydrogens is 693 g/mol. The van der Waals surface area contributed by atoms with E-state index in [1.807, 2.05) is 0 Å². The van der Waals surface area contributed by atoms with Gasteiger partial charge in [0, 0.05) is 25.1 Å². The van der Waals surface area contributed by atoms with Crippen LogP contribution in [0, 0.1) is 0 Å². The third-order valence-corrected chi connectivity index (χ3v) is 4.89. The maximum absolute atomic E-state index is 12.7. The number of carbonyl (C=O) groups excluding carboxylic acids is 6. The van der Waals surface area contributed by atoms with Crippen molar-refractivity contribution >= 4 is 35.8 Å². The van der Waals surface area contributed by atoms with E-state index in [-0.39, 0.29) is 28.1 Å². The van der Waals surface area contributed by atoms with Crippen molar-refractivity contribution in [2.45, 2.75) is 49.6 Å². The predicted molar refractivity (Wildman–Crippen MR) is 118 cm³/mol. The number of rotatable bonds is 10. The molecule has 0 spiro atoms. The number of hydrogen-bond acceptors (Lipinski definition) is 16. The van der Waals surface area contributed by atoms with Crippen LogP contribution in [0.2, 0.25) is 0 Å². The molecule has 28 heteroatoms. The summed E-state index contributed by atoms with van der Waals surface area (Å²) in [5.41, 5.74) is 3.59. The normalized spacial score (nSPS) is 17.2. The highest BCUT2D eigenvalue weighted by Crippen LogP contribution is 2.33. The summed E-state index contributed by atoms with van der Waals surface area (Å²) < 4.78 is 120. The summed E-state index contributed by atoms with van der Waals surface area (Å²) in [6.07, 6.45) is -17.5. The smallest absolute Gasteiger partial charge is 0.428 e. The van der Waals surface area contributed by atoms with Crippen LogP contribution in [-0.2, 0) is 59.4 Å². The van der Waals surface area contributed by atoms with Crippen LogP contribution in [0.4, 0.5) is 39.5 Å². The molecule has 2 atom stereocenters. The number of nitrogens with two attached hydrogens (primary N) is 1. The zero-order chi connectivity index (χ0) is 34.4. The van der Waals surface area contributed by atoms with Gasteiger partial charge in [-0.15, -0.1) is 5.48 Å². The zero-order valence-corrected chi connectivity index (χ0v) is 22.5. The predicted octanol–water partition coefficient (Wildman–Crippen LogP) is -1.93. The average molecular weight is 713 g/mol. The van der Waals surface area contributed by atoms with Gasteiger partial charge < -0.3 is 40.8 Å². The number of aromatic amines is 1. The van der Waals surface area contributed by atoms with Crippen molar-refractivity contribution in [3.63, 3.8) is 0 Å². The molecule has 1 aromatic heterocycles. The van der Waals surface area contributed by atoms with Crippen LogP contribution in [0.1, 0.15) is 18.5 Å². The molecule has 1 saturated heterocycles. The third-order valence-electron chi connectivity index (χ3n) is 4.89. The van der Waals surface area contributed by atoms with E-state index in [9.17, 15) is 68.3 Å². The third kappa shape index (κ3) is 11.8. The van der Waals surface area contributed by atoms with Gasteiger partial charge in [0.1, 0.15) is 12.6 Å². The summed E-state index contributed by atoms with van der Waals surface area (Å²) in [6, 6.07) is -2.75. The van der Waals surface area contributed by atoms with Gasteiger partial charge in [-0.3, -0.25) is 4.79 Å². The molecule has 0 bridgehead atoms. The molecule has 2 heterocycles. The van der Waals surface area contributed by atoms with Gasteiger partial charge in [0.05, 0.1) is 6.20 Å². The summed E-state index contributed by atoms with van der Waals surface area (Å²) in [6.45, 7) is -2.02. The van der Waals surface area contributed by atoms with E-state index in [0.717, 1.165) is 6.20 Å². The monoisotopic (exact) mass is 713 g/mol. The van der Waals surface area contributed by atoms with Gasteiger partial charge in [-0.25, -0.2) is 38.7 Å². The van der Waals surface area contributed by atoms with Gasteiger partial charge in [0.15, 0.2) is 0 Å². The molecule has 8 N–H and O–H groups in total. The minimum atomic E-state index is -5.69. The summed E-state index contributed by atoms with van der Waals surface area (Å²) in [5.74, 6) is -14.0. The molecule has 0 amide bonds. The summed E-state index contributed by atoms with van der Waals surface area (Å²) in [4.78, 5) is 91.0. The number of nitrogens with zero attached hydrogens (tertiary/aromatic N) is 2. The van der Waals surface area contributed by atoms with Crippen LogP contribution in [0.25, 0.3) is 0 Å². The summed E-state index contributed by atoms with van der Waals surface area (Å²) >= 11 is 0. The van der Waals surface area contributed by atoms with Crippen LogP contribution in [0.3, 0.4) is 0 Å². The molecule has 2 rings (SSSR count). The fourth-order valence-electron chi connectivity index (χ4n) is 3.00. The van der Waals surface area contributed by atoms with Crippen molar-refractivity contribution < 1.29 is 108 Å². The number of imidazole rings is 1. The molecule has 0 aliphatic carbocycles. The Morgan fingerprint density at radius 3 is 2.06 bits per heavy atom. The average Bonchev–Trinajstić information content (AvgIpc) is 3.52. The Hall–Kier alpha value is -4.80. The molecule has 1 aliphatic rings. The number of alkyl halides is 9. The van der Waals surface area contributed by atoms with Crippen LogP contribution in [0.5, 0.6) is 6.01 Å². The lowest BCUT2D eigenvalue weighted by Crippen LogP contribution is -2.57. The topological polar surface area (TPSA) is 291 Å². The van der Waals surface area contributed by atoms with E-state index in [2.05, 4.69) is 29.3 Å². The second kappa shape index (κ2) is 16.2. The first kappa shape index (κ1) is 42.2. The first-order valence-corrected chi connectivity index (χ1v) is 11.4. The summed E-state index contributed by atoms with van der Waals surface area (Å²) in [7, 11) is 0. The van der Waals surface area contributed by atoms with E-state index in [0.29, 0.717) is 0 Å². The van der Waals surface area contributed by atoms with Crippen molar-refractivity contribution in [3.05, 3.63) is 11.9 Å². The first-order chi connectivity index (χ1) is 20.6. The highest BCUT2D eigenvalue weighted by molar-refractivity contribution is 5.85. The summed E-state index contributed by atoms with van der Waals surface area (Å²) in [5, 5.41) is 0.183. The minimum absolute atomic E-state index is 0. The molecule has 19 nitrogen and oxygen atoms in total. The van der Waals surface area contributed by atoms with Gasteiger partial charge in [0.25, 0.3) is 5.72 Å². The van der Waals surface area contributed by atoms with Crippen molar-refractivity contribution in [3.8, 4) is 6.01 Å². The van der Waals surface area contributed by atoms with Crippen molar-refractivity contribution in [1.82, 2.24) is 20.5 Å². The molecule has 0 saturated carbocycles. The SMILES string of the molecule is NC(Cc1cnc(OC(=O)C(F)(F)F)[nH]1)C(=O)ON1CCC[C@@]1(OC(=O)CNOC(=O)C(F)(F)F)C(=O)OOC(=O)C(F)(F)F.O.O. The Balaban J connectivity index is 0.0000106. The maximum atomic E-state index is 12.7. The zero-order valence-electron chi connectivity index (χ0n) is 22.5. The van der Waals surface area contributed by atoms with Crippen molar-refractivity contribution in [2.24, 2.45) is 5.73 Å². The van der Waals surface area contributed by atoms with E-state index in [1.54, 1.807) is 0 Å². The Kier molecular flexibility index (Phi) is 14.5. The lowest BCUT2D eigenvalue weighted by Gasteiger charge is -2.33. The molecule has 1 fully saturated rings. The number of aromatic nitrogens is 2. The van der Waals surface area contributed by atoms with Gasteiger partial charge in [-0.05, 0) is 6.42 Å². The largest absolute Gasteiger partial charge is 0.495 e. The van der Waals surface area contributed by atoms with Crippen LogP contribution in [-0.4, -0.2) is 105 Å². The van der Waals surface area contributed by atoms with Gasteiger partial charge in [0.2, 0.25) is 0 Å². The highest BCUT2D eigenvalue weighted by atomic mass is 19.4. The molecule has 1 aliphatic heterocycles. The van der Waals surface area contributed by atoms with Crippen LogP contribution in [0.15, 0.2) is 6.20 Å². The number of H-pyrrole nitrogens is 1. The molecule has 0 aromatic carbocycles. The van der Waals surface area contributed by atoms with Crippen LogP contribution >= 0.6 is 0 Å². The molecular formula is C19H20F9N5O14. The van der Waals surface area contributed by atoms with E-state index >= 15 is 0 Å². The number of hydroxylamine groups is 3. The molecule has 268 valence electrons. The van der Waals surface area contributed by atoms with E-state index in [1.165, 1.54) is 5.48 Å². The molecule has 0 radical (unpaired) electrons. The number of halogens is 9. The van der Waals surface area contributed by atoms with Crippen molar-refractivity contribution in [1.29, 1.82) is 0 Å². The molecule has 47 heavy (non-hydrogen) atoms. The Morgan fingerprint density at radius 2 is 1.51 bits per heavy atom. The lowest BCUT2D eigenvalue weighted by molar-refractivity contribution is -0.316. The molecule has 1 aromatic rings. The number of ether oxygens (including phenoxy) is 2. The van der Waals surface area contributed by atoms with Crippen molar-refractivity contribution in [2.75, 3.05) is 13.1 Å². The standard InChI is InChI=1S/C19H16F9N5O12.2H2O/c20-17(21,22)12(37)40-15-30-5-7(32-15)4-8(29)10(35)43-33-3-1-2-16(33,11(36)44-45-14(39)19(26,27)28)41-9(34)6-31-42-13(38)18(23,24)25;;/h5,8,31H,1-4,6,29H2,(H,30,32);2*1H2/t8?,16-;;/m1../s1. The first-order valence-electron chi connectivity index (χ1n) is 11.4. The number of carbonyl (C=O) groups is 6. The highest BCUT2D eigenvalue weighted by Gasteiger charge is 2.57. The number of hydrogen-bond donors (Lipinski definition) is 3. The van der Waals surface area contributed by atoms with Gasteiger partial charge in [-0.1, -0.05) is 5.06 Å². The quantitative estimate of drug-likeness (QED) is 0.103. The lowest BCUT2D eigenvalue weighted by atomic mass is 10.1. The van der Waals surface area contributed by atoms with E-state index < -0.39 is 98.1 Å². The molecule has 1 unspecified atom stereocenters. The Labute approximate surface area is 251 Å². The van der Waals surface area contributed by atoms with Gasteiger partial charge in [-0.2, -0.15) is 39.5 Å². The minimum Gasteiger partial charge on any atom is -0.428 e. The number of nitrogens with one attached hydrogen (secondary N) is 2.